The average Bonchev–Trinajstić information content (AvgIpc) is 2.11. The quantitative estimate of drug-likeness (QED) is 0.800. The van der Waals surface area contributed by atoms with Gasteiger partial charge >= 0.3 is 0 Å². The van der Waals surface area contributed by atoms with E-state index in [1.807, 2.05) is 0 Å². The third-order valence-electron chi connectivity index (χ3n) is 1.79. The summed E-state index contributed by atoms with van der Waals surface area (Å²) in [6, 6.07) is 5.04. The summed E-state index contributed by atoms with van der Waals surface area (Å²) in [6.07, 6.45) is -0.535. The van der Waals surface area contributed by atoms with Crippen LogP contribution in [0.25, 0.3) is 0 Å². The fourth-order valence-corrected chi connectivity index (χ4v) is 1.34. The number of rotatable bonds is 3. The number of Topliss-reactive ketones (excluding diaryl/α,β-unsaturated/α-hetero) is 1. The topological polar surface area (TPSA) is 26.3 Å². The number of carbonyl (C=O) groups excluding carboxylic acids is 1. The lowest BCUT2D eigenvalue weighted by Crippen LogP contribution is -2.20. The Labute approximate surface area is 92.8 Å². The van der Waals surface area contributed by atoms with E-state index in [1.54, 1.807) is 25.1 Å². The van der Waals surface area contributed by atoms with Gasteiger partial charge in [0.2, 0.25) is 0 Å². The SMILES string of the molecule is CC(=O)[C@H](C)Oc1c(Cl)cccc1Cl. The second-order valence-electron chi connectivity index (χ2n) is 2.92. The Morgan fingerprint density at radius 2 is 1.86 bits per heavy atom. The third kappa shape index (κ3) is 2.63. The van der Waals surface area contributed by atoms with Gasteiger partial charge in [0.15, 0.2) is 17.6 Å². The zero-order valence-corrected chi connectivity index (χ0v) is 9.39. The molecular formula is C10H10Cl2O2. The standard InChI is InChI=1S/C10H10Cl2O2/c1-6(13)7(2)14-10-8(11)4-3-5-9(10)12/h3-5,7H,1-2H3/t7-/m0/s1. The largest absolute Gasteiger partial charge is 0.480 e. The summed E-state index contributed by atoms with van der Waals surface area (Å²) in [5, 5.41) is 0.816. The molecule has 1 aromatic carbocycles. The minimum atomic E-state index is -0.535. The lowest BCUT2D eigenvalue weighted by molar-refractivity contribution is -0.122. The molecule has 0 unspecified atom stereocenters. The highest BCUT2D eigenvalue weighted by molar-refractivity contribution is 6.37. The van der Waals surface area contributed by atoms with Gasteiger partial charge in [-0.05, 0) is 26.0 Å². The number of halogens is 2. The Bertz CT molecular complexity index is 330. The van der Waals surface area contributed by atoms with E-state index in [-0.39, 0.29) is 5.78 Å². The maximum absolute atomic E-state index is 11.0. The summed E-state index contributed by atoms with van der Waals surface area (Å²) >= 11 is 11.7. The molecule has 0 aliphatic heterocycles. The van der Waals surface area contributed by atoms with Crippen molar-refractivity contribution < 1.29 is 9.53 Å². The number of ether oxygens (including phenoxy) is 1. The molecule has 0 amide bonds. The van der Waals surface area contributed by atoms with Gasteiger partial charge in [0, 0.05) is 0 Å². The first-order valence-electron chi connectivity index (χ1n) is 4.13. The molecule has 0 aliphatic carbocycles. The molecule has 0 aliphatic rings. The van der Waals surface area contributed by atoms with Crippen molar-refractivity contribution in [3.63, 3.8) is 0 Å². The van der Waals surface area contributed by atoms with Crippen molar-refractivity contribution in [3.8, 4) is 5.75 Å². The van der Waals surface area contributed by atoms with Crippen LogP contribution >= 0.6 is 23.2 Å². The number of hydrogen-bond acceptors (Lipinski definition) is 2. The molecule has 0 bridgehead atoms. The van der Waals surface area contributed by atoms with E-state index in [4.69, 9.17) is 27.9 Å². The van der Waals surface area contributed by atoms with Crippen LogP contribution in [0.1, 0.15) is 13.8 Å². The molecular weight excluding hydrogens is 223 g/mol. The van der Waals surface area contributed by atoms with E-state index < -0.39 is 6.10 Å². The first-order chi connectivity index (χ1) is 6.52. The van der Waals surface area contributed by atoms with E-state index in [1.165, 1.54) is 6.92 Å². The molecule has 0 radical (unpaired) electrons. The van der Waals surface area contributed by atoms with Crippen molar-refractivity contribution in [3.05, 3.63) is 28.2 Å². The molecule has 0 heterocycles. The molecule has 0 aromatic heterocycles. The zero-order valence-electron chi connectivity index (χ0n) is 7.88. The number of benzene rings is 1. The molecule has 0 N–H and O–H groups in total. The van der Waals surface area contributed by atoms with Gasteiger partial charge < -0.3 is 4.74 Å². The highest BCUT2D eigenvalue weighted by atomic mass is 35.5. The molecule has 0 saturated carbocycles. The smallest absolute Gasteiger partial charge is 0.169 e. The van der Waals surface area contributed by atoms with Crippen LogP contribution in [-0.4, -0.2) is 11.9 Å². The second kappa shape index (κ2) is 4.67. The van der Waals surface area contributed by atoms with Crippen molar-refractivity contribution in [1.29, 1.82) is 0 Å². The molecule has 1 rings (SSSR count). The van der Waals surface area contributed by atoms with Gasteiger partial charge in [-0.1, -0.05) is 29.3 Å². The van der Waals surface area contributed by atoms with Crippen molar-refractivity contribution in [1.82, 2.24) is 0 Å². The Hall–Kier alpha value is -0.730. The predicted octanol–water partition coefficient (Wildman–Crippen LogP) is 3.35. The van der Waals surface area contributed by atoms with Crippen LogP contribution in [-0.2, 0) is 4.79 Å². The first-order valence-corrected chi connectivity index (χ1v) is 4.89. The molecule has 2 nitrogen and oxygen atoms in total. The highest BCUT2D eigenvalue weighted by Gasteiger charge is 2.13. The molecule has 0 saturated heterocycles. The Morgan fingerprint density at radius 3 is 2.29 bits per heavy atom. The van der Waals surface area contributed by atoms with Gasteiger partial charge in [-0.2, -0.15) is 0 Å². The van der Waals surface area contributed by atoms with Gasteiger partial charge in [0.1, 0.15) is 0 Å². The Kier molecular flexibility index (Phi) is 3.78. The van der Waals surface area contributed by atoms with Crippen molar-refractivity contribution in [2.45, 2.75) is 20.0 Å². The number of ketones is 1. The van der Waals surface area contributed by atoms with Gasteiger partial charge in [-0.15, -0.1) is 0 Å². The van der Waals surface area contributed by atoms with E-state index in [9.17, 15) is 4.79 Å². The van der Waals surface area contributed by atoms with Crippen LogP contribution in [0.4, 0.5) is 0 Å². The minimum Gasteiger partial charge on any atom is -0.480 e. The summed E-state index contributed by atoms with van der Waals surface area (Å²) in [5.41, 5.74) is 0. The van der Waals surface area contributed by atoms with Crippen LogP contribution in [0.15, 0.2) is 18.2 Å². The predicted molar refractivity (Wildman–Crippen MR) is 57.2 cm³/mol. The van der Waals surface area contributed by atoms with Crippen LogP contribution in [0.5, 0.6) is 5.75 Å². The minimum absolute atomic E-state index is 0.0685. The number of hydrogen-bond donors (Lipinski definition) is 0. The van der Waals surface area contributed by atoms with Crippen LogP contribution < -0.4 is 4.74 Å². The summed E-state index contributed by atoms with van der Waals surface area (Å²) in [7, 11) is 0. The first kappa shape index (κ1) is 11.3. The van der Waals surface area contributed by atoms with Gasteiger partial charge in [-0.3, -0.25) is 4.79 Å². The summed E-state index contributed by atoms with van der Waals surface area (Å²) in [4.78, 5) is 11.0. The van der Waals surface area contributed by atoms with E-state index >= 15 is 0 Å². The average molecular weight is 233 g/mol. The van der Waals surface area contributed by atoms with Gasteiger partial charge in [0.05, 0.1) is 10.0 Å². The molecule has 4 heteroatoms. The normalized spacial score (nSPS) is 12.3. The zero-order chi connectivity index (χ0) is 10.7. The number of carbonyl (C=O) groups is 1. The molecule has 14 heavy (non-hydrogen) atoms. The fourth-order valence-electron chi connectivity index (χ4n) is 0.855. The maximum atomic E-state index is 11.0. The number of para-hydroxylation sites is 1. The van der Waals surface area contributed by atoms with Crippen molar-refractivity contribution in [2.75, 3.05) is 0 Å². The summed E-state index contributed by atoms with van der Waals surface area (Å²) < 4.78 is 5.32. The van der Waals surface area contributed by atoms with E-state index in [2.05, 4.69) is 0 Å². The maximum Gasteiger partial charge on any atom is 0.169 e. The van der Waals surface area contributed by atoms with Crippen molar-refractivity contribution in [2.24, 2.45) is 0 Å². The highest BCUT2D eigenvalue weighted by Crippen LogP contribution is 2.33. The van der Waals surface area contributed by atoms with Gasteiger partial charge in [0.25, 0.3) is 0 Å². The Balaban J connectivity index is 2.91. The molecule has 1 aromatic rings. The Morgan fingerprint density at radius 1 is 1.36 bits per heavy atom. The molecule has 1 atom stereocenters. The summed E-state index contributed by atoms with van der Waals surface area (Å²) in [6.45, 7) is 3.11. The third-order valence-corrected chi connectivity index (χ3v) is 2.38. The fraction of sp³-hybridized carbons (Fsp3) is 0.300. The molecule has 76 valence electrons. The van der Waals surface area contributed by atoms with Crippen LogP contribution in [0, 0.1) is 0 Å². The van der Waals surface area contributed by atoms with E-state index in [0.29, 0.717) is 15.8 Å². The molecule has 0 spiro atoms. The summed E-state index contributed by atoms with van der Waals surface area (Å²) in [5.74, 6) is 0.291. The second-order valence-corrected chi connectivity index (χ2v) is 3.74. The van der Waals surface area contributed by atoms with Crippen LogP contribution in [0.2, 0.25) is 10.0 Å². The monoisotopic (exact) mass is 232 g/mol. The lowest BCUT2D eigenvalue weighted by atomic mass is 10.3. The van der Waals surface area contributed by atoms with Crippen LogP contribution in [0.3, 0.4) is 0 Å². The molecule has 0 fully saturated rings. The van der Waals surface area contributed by atoms with E-state index in [0.717, 1.165) is 0 Å². The lowest BCUT2D eigenvalue weighted by Gasteiger charge is -2.13. The van der Waals surface area contributed by atoms with Crippen molar-refractivity contribution >= 4 is 29.0 Å². The van der Waals surface area contributed by atoms with Gasteiger partial charge in [-0.25, -0.2) is 0 Å².